The number of Topliss-reactive ketones (excluding diaryl/α,β-unsaturated/α-hetero) is 1. The zero-order valence-electron chi connectivity index (χ0n) is 15.0. The smallest absolute Gasteiger partial charge is 0.322 e. The first-order valence-electron chi connectivity index (χ1n) is 8.33. The number of carbonyl (C=O) groups is 4. The summed E-state index contributed by atoms with van der Waals surface area (Å²) < 4.78 is 0. The van der Waals surface area contributed by atoms with E-state index in [0.717, 1.165) is 5.56 Å². The van der Waals surface area contributed by atoms with Crippen molar-refractivity contribution in [1.82, 2.24) is 16.0 Å². The molecule has 1 aromatic rings. The maximum absolute atomic E-state index is 12.0. The van der Waals surface area contributed by atoms with Crippen LogP contribution < -0.4 is 16.0 Å². The number of benzene rings is 1. The Hall–Kier alpha value is -2.74. The van der Waals surface area contributed by atoms with E-state index in [9.17, 15) is 19.2 Å². The number of carbonyl (C=O) groups excluding carboxylic acids is 3. The summed E-state index contributed by atoms with van der Waals surface area (Å²) in [5.41, 5.74) is 0.949. The number of hydrogen-bond donors (Lipinski definition) is 4. The lowest BCUT2D eigenvalue weighted by Crippen LogP contribution is -2.46. The molecule has 0 heterocycles. The second-order valence-electron chi connectivity index (χ2n) is 6.06. The number of aliphatic carboxylic acids is 1. The Kier molecular flexibility index (Phi) is 9.00. The summed E-state index contributed by atoms with van der Waals surface area (Å²) in [5.74, 6) is -2.50. The van der Waals surface area contributed by atoms with E-state index in [-0.39, 0.29) is 24.8 Å². The van der Waals surface area contributed by atoms with E-state index < -0.39 is 30.4 Å². The third kappa shape index (κ3) is 8.39. The maximum Gasteiger partial charge on any atom is 0.322 e. The van der Waals surface area contributed by atoms with E-state index >= 15 is 0 Å². The van der Waals surface area contributed by atoms with Crippen molar-refractivity contribution in [2.24, 2.45) is 5.92 Å². The fraction of sp³-hybridized carbons (Fsp3) is 0.444. The maximum atomic E-state index is 12.0. The van der Waals surface area contributed by atoms with Crippen LogP contribution in [0.25, 0.3) is 0 Å². The first-order valence-corrected chi connectivity index (χ1v) is 8.33. The molecule has 2 unspecified atom stereocenters. The van der Waals surface area contributed by atoms with Crippen LogP contribution in [-0.2, 0) is 25.6 Å². The minimum absolute atomic E-state index is 0.0465. The molecule has 1 aromatic carbocycles. The summed E-state index contributed by atoms with van der Waals surface area (Å²) >= 11 is 0. The van der Waals surface area contributed by atoms with Gasteiger partial charge < -0.3 is 21.1 Å². The van der Waals surface area contributed by atoms with Crippen molar-refractivity contribution in [2.45, 2.75) is 26.3 Å². The van der Waals surface area contributed by atoms with Gasteiger partial charge in [0, 0.05) is 12.5 Å². The van der Waals surface area contributed by atoms with E-state index in [0.29, 0.717) is 6.42 Å². The largest absolute Gasteiger partial charge is 0.480 e. The van der Waals surface area contributed by atoms with Crippen molar-refractivity contribution in [3.8, 4) is 0 Å². The number of amides is 2. The minimum Gasteiger partial charge on any atom is -0.480 e. The van der Waals surface area contributed by atoms with Gasteiger partial charge in [-0.3, -0.25) is 19.2 Å². The molecule has 0 saturated carbocycles. The fourth-order valence-corrected chi connectivity index (χ4v) is 2.22. The number of carboxylic acid groups (broad SMARTS) is 1. The molecule has 142 valence electrons. The molecule has 0 radical (unpaired) electrons. The van der Waals surface area contributed by atoms with Crippen LogP contribution in [0.15, 0.2) is 30.3 Å². The number of rotatable bonds is 11. The molecular weight excluding hydrogens is 338 g/mol. The Morgan fingerprint density at radius 1 is 1.08 bits per heavy atom. The first kappa shape index (κ1) is 21.3. The quantitative estimate of drug-likeness (QED) is 0.429. The average molecular weight is 363 g/mol. The van der Waals surface area contributed by atoms with Crippen LogP contribution in [0.1, 0.15) is 19.4 Å². The molecule has 2 amide bonds. The highest BCUT2D eigenvalue weighted by atomic mass is 16.4. The summed E-state index contributed by atoms with van der Waals surface area (Å²) in [6.45, 7) is 2.77. The van der Waals surface area contributed by atoms with Gasteiger partial charge in [0.1, 0.15) is 6.54 Å². The summed E-state index contributed by atoms with van der Waals surface area (Å²) in [6, 6.07) is 8.78. The standard InChI is InChI=1S/C18H25N3O5/c1-12(18(26)20-11-17(24)25)9-19-10-16(23)21-15(13(2)22)8-14-6-4-3-5-7-14/h3-7,12,15,19H,8-11H2,1-2H3,(H,20,26)(H,21,23)(H,24,25). The van der Waals surface area contributed by atoms with Gasteiger partial charge in [0.25, 0.3) is 0 Å². The van der Waals surface area contributed by atoms with Crippen LogP contribution in [0.2, 0.25) is 0 Å². The van der Waals surface area contributed by atoms with Crippen molar-refractivity contribution >= 4 is 23.6 Å². The summed E-state index contributed by atoms with van der Waals surface area (Å²) in [5, 5.41) is 16.3. The van der Waals surface area contributed by atoms with Crippen LogP contribution in [0.3, 0.4) is 0 Å². The predicted octanol–water partition coefficient (Wildman–Crippen LogP) is -0.271. The molecule has 0 aliphatic rings. The van der Waals surface area contributed by atoms with E-state index in [1.54, 1.807) is 6.92 Å². The van der Waals surface area contributed by atoms with Crippen LogP contribution in [0, 0.1) is 5.92 Å². The first-order chi connectivity index (χ1) is 12.3. The predicted molar refractivity (Wildman–Crippen MR) is 95.4 cm³/mol. The molecule has 2 atom stereocenters. The van der Waals surface area contributed by atoms with E-state index in [1.165, 1.54) is 6.92 Å². The molecule has 0 aliphatic heterocycles. The van der Waals surface area contributed by atoms with Crippen LogP contribution >= 0.6 is 0 Å². The topological polar surface area (TPSA) is 125 Å². The van der Waals surface area contributed by atoms with Gasteiger partial charge in [-0.05, 0) is 18.9 Å². The van der Waals surface area contributed by atoms with E-state index in [1.807, 2.05) is 30.3 Å². The Labute approximate surface area is 152 Å². The fourth-order valence-electron chi connectivity index (χ4n) is 2.22. The molecule has 0 aliphatic carbocycles. The average Bonchev–Trinajstić information content (AvgIpc) is 2.59. The minimum atomic E-state index is -1.12. The Morgan fingerprint density at radius 3 is 2.31 bits per heavy atom. The van der Waals surface area contributed by atoms with Crippen molar-refractivity contribution in [3.63, 3.8) is 0 Å². The van der Waals surface area contributed by atoms with Crippen molar-refractivity contribution in [1.29, 1.82) is 0 Å². The van der Waals surface area contributed by atoms with Crippen molar-refractivity contribution < 1.29 is 24.3 Å². The van der Waals surface area contributed by atoms with Gasteiger partial charge in [-0.2, -0.15) is 0 Å². The molecule has 8 nitrogen and oxygen atoms in total. The van der Waals surface area contributed by atoms with E-state index in [2.05, 4.69) is 16.0 Å². The zero-order chi connectivity index (χ0) is 19.5. The van der Waals surface area contributed by atoms with Gasteiger partial charge in [0.15, 0.2) is 5.78 Å². The lowest BCUT2D eigenvalue weighted by molar-refractivity contribution is -0.138. The molecular formula is C18H25N3O5. The number of hydrogen-bond acceptors (Lipinski definition) is 5. The van der Waals surface area contributed by atoms with Crippen molar-refractivity contribution in [2.75, 3.05) is 19.6 Å². The molecule has 0 spiro atoms. The lowest BCUT2D eigenvalue weighted by Gasteiger charge is -2.17. The van der Waals surface area contributed by atoms with Gasteiger partial charge in [0.2, 0.25) is 11.8 Å². The second-order valence-corrected chi connectivity index (χ2v) is 6.06. The monoisotopic (exact) mass is 363 g/mol. The Balaban J connectivity index is 2.38. The van der Waals surface area contributed by atoms with Gasteiger partial charge in [-0.25, -0.2) is 0 Å². The second kappa shape index (κ2) is 11.0. The van der Waals surface area contributed by atoms with Crippen LogP contribution in [0.5, 0.6) is 0 Å². The highest BCUT2D eigenvalue weighted by Crippen LogP contribution is 2.04. The van der Waals surface area contributed by atoms with Gasteiger partial charge in [-0.1, -0.05) is 37.3 Å². The molecule has 0 aromatic heterocycles. The van der Waals surface area contributed by atoms with Crippen LogP contribution in [-0.4, -0.2) is 54.3 Å². The van der Waals surface area contributed by atoms with Gasteiger partial charge >= 0.3 is 5.97 Å². The third-order valence-electron chi connectivity index (χ3n) is 3.71. The normalized spacial score (nSPS) is 12.7. The number of nitrogens with one attached hydrogen (secondary N) is 3. The lowest BCUT2D eigenvalue weighted by atomic mass is 10.0. The highest BCUT2D eigenvalue weighted by Gasteiger charge is 2.18. The molecule has 0 bridgehead atoms. The number of ketones is 1. The summed E-state index contributed by atoms with van der Waals surface area (Å²) in [7, 11) is 0. The van der Waals surface area contributed by atoms with Crippen molar-refractivity contribution in [3.05, 3.63) is 35.9 Å². The number of carboxylic acids is 1. The summed E-state index contributed by atoms with van der Waals surface area (Å²) in [4.78, 5) is 45.8. The SMILES string of the molecule is CC(=O)C(Cc1ccccc1)NC(=O)CNCC(C)C(=O)NCC(=O)O. The molecule has 4 N–H and O–H groups in total. The molecule has 0 fully saturated rings. The van der Waals surface area contributed by atoms with Gasteiger partial charge in [-0.15, -0.1) is 0 Å². The molecule has 26 heavy (non-hydrogen) atoms. The summed E-state index contributed by atoms with van der Waals surface area (Å²) in [6.07, 6.45) is 0.413. The third-order valence-corrected chi connectivity index (χ3v) is 3.71. The van der Waals surface area contributed by atoms with Gasteiger partial charge in [0.05, 0.1) is 12.6 Å². The Bertz CT molecular complexity index is 633. The molecule has 8 heteroatoms. The molecule has 0 saturated heterocycles. The Morgan fingerprint density at radius 2 is 1.73 bits per heavy atom. The molecule has 1 rings (SSSR count). The highest BCUT2D eigenvalue weighted by molar-refractivity contribution is 5.88. The van der Waals surface area contributed by atoms with Crippen LogP contribution in [0.4, 0.5) is 0 Å². The van der Waals surface area contributed by atoms with E-state index in [4.69, 9.17) is 5.11 Å². The zero-order valence-corrected chi connectivity index (χ0v) is 15.0.